The van der Waals surface area contributed by atoms with E-state index in [2.05, 4.69) is 17.2 Å². The number of nitrogens with zero attached hydrogens (tertiary/aromatic N) is 3. The lowest BCUT2D eigenvalue weighted by atomic mass is 10.1. The first-order chi connectivity index (χ1) is 11.3. The normalized spacial score (nSPS) is 21.1. The minimum atomic E-state index is -0.0665. The Morgan fingerprint density at radius 1 is 1.26 bits per heavy atom. The van der Waals surface area contributed by atoms with Crippen LogP contribution in [0.25, 0.3) is 0 Å². The highest BCUT2D eigenvalue weighted by Gasteiger charge is 2.35. The molecule has 4 rings (SSSR count). The van der Waals surface area contributed by atoms with Gasteiger partial charge in [-0.2, -0.15) is 0 Å². The van der Waals surface area contributed by atoms with Crippen molar-refractivity contribution in [3.05, 3.63) is 35.0 Å². The van der Waals surface area contributed by atoms with E-state index in [1.807, 2.05) is 11.0 Å². The van der Waals surface area contributed by atoms with Crippen LogP contribution in [0.3, 0.4) is 0 Å². The number of aryl methyl sites for hydroxylation is 1. The number of aromatic nitrogens is 2. The Labute approximate surface area is 134 Å². The predicted molar refractivity (Wildman–Crippen MR) is 82.0 cm³/mol. The molecule has 0 radical (unpaired) electrons. The van der Waals surface area contributed by atoms with Gasteiger partial charge in [0, 0.05) is 31.0 Å². The second kappa shape index (κ2) is 5.83. The number of carbonyl (C=O) groups is 1. The zero-order valence-corrected chi connectivity index (χ0v) is 13.3. The summed E-state index contributed by atoms with van der Waals surface area (Å²) in [6.45, 7) is 2.83. The molecule has 1 aliphatic carbocycles. The van der Waals surface area contributed by atoms with Gasteiger partial charge < -0.3 is 13.9 Å². The summed E-state index contributed by atoms with van der Waals surface area (Å²) in [4.78, 5) is 14.6. The van der Waals surface area contributed by atoms with Gasteiger partial charge in [0.1, 0.15) is 17.2 Å². The lowest BCUT2D eigenvalue weighted by molar-refractivity contribution is 0.0720. The molecule has 1 aliphatic heterocycles. The molecule has 6 heteroatoms. The third-order valence-corrected chi connectivity index (χ3v) is 4.66. The van der Waals surface area contributed by atoms with Crippen molar-refractivity contribution in [1.82, 2.24) is 15.2 Å². The molecule has 3 heterocycles. The van der Waals surface area contributed by atoms with Gasteiger partial charge in [-0.3, -0.25) is 4.79 Å². The van der Waals surface area contributed by atoms with Crippen LogP contribution in [0.1, 0.15) is 78.7 Å². The Hall–Kier alpha value is -2.11. The van der Waals surface area contributed by atoms with Crippen LogP contribution in [0, 0.1) is 0 Å². The van der Waals surface area contributed by atoms with Crippen molar-refractivity contribution in [3.8, 4) is 0 Å². The molecule has 1 saturated carbocycles. The molecule has 23 heavy (non-hydrogen) atoms. The molecular formula is C17H21N3O3. The second-order valence-electron chi connectivity index (χ2n) is 6.51. The summed E-state index contributed by atoms with van der Waals surface area (Å²) < 4.78 is 10.7. The lowest BCUT2D eigenvalue weighted by Gasteiger charge is -2.21. The van der Waals surface area contributed by atoms with Gasteiger partial charge in [-0.05, 0) is 32.1 Å². The van der Waals surface area contributed by atoms with E-state index < -0.39 is 0 Å². The molecule has 1 amide bonds. The van der Waals surface area contributed by atoms with Gasteiger partial charge in [0.2, 0.25) is 0 Å². The van der Waals surface area contributed by atoms with Crippen molar-refractivity contribution in [2.75, 3.05) is 6.54 Å². The molecule has 0 bridgehead atoms. The first kappa shape index (κ1) is 14.5. The fourth-order valence-corrected chi connectivity index (χ4v) is 3.26. The van der Waals surface area contributed by atoms with Crippen LogP contribution in [0.5, 0.6) is 0 Å². The van der Waals surface area contributed by atoms with Crippen LogP contribution in [0.15, 0.2) is 21.2 Å². The van der Waals surface area contributed by atoms with Crippen LogP contribution in [-0.4, -0.2) is 27.7 Å². The van der Waals surface area contributed by atoms with Gasteiger partial charge >= 0.3 is 0 Å². The van der Waals surface area contributed by atoms with Gasteiger partial charge in [0.05, 0.1) is 6.04 Å². The first-order valence-electron chi connectivity index (χ1n) is 8.49. The average molecular weight is 315 g/mol. The third kappa shape index (κ3) is 2.78. The second-order valence-corrected chi connectivity index (χ2v) is 6.51. The molecule has 0 spiro atoms. The van der Waals surface area contributed by atoms with Gasteiger partial charge in [-0.25, -0.2) is 0 Å². The minimum absolute atomic E-state index is 0.0158. The quantitative estimate of drug-likeness (QED) is 0.844. The summed E-state index contributed by atoms with van der Waals surface area (Å²) in [5.74, 6) is 2.13. The molecule has 2 fully saturated rings. The average Bonchev–Trinajstić information content (AvgIpc) is 2.99. The summed E-state index contributed by atoms with van der Waals surface area (Å²) >= 11 is 0. The van der Waals surface area contributed by atoms with E-state index >= 15 is 0 Å². The molecule has 2 aliphatic rings. The summed E-state index contributed by atoms with van der Waals surface area (Å²) in [6, 6.07) is 3.77. The van der Waals surface area contributed by atoms with Crippen LogP contribution >= 0.6 is 0 Å². The maximum absolute atomic E-state index is 12.8. The van der Waals surface area contributed by atoms with Crippen LogP contribution in [-0.2, 0) is 6.42 Å². The summed E-state index contributed by atoms with van der Waals surface area (Å²) in [7, 11) is 0. The Bertz CT molecular complexity index is 702. The third-order valence-electron chi connectivity index (χ3n) is 4.66. The van der Waals surface area contributed by atoms with Gasteiger partial charge in [-0.15, -0.1) is 0 Å². The summed E-state index contributed by atoms with van der Waals surface area (Å²) in [5.41, 5.74) is 1.27. The van der Waals surface area contributed by atoms with Crippen LogP contribution in [0.4, 0.5) is 0 Å². The molecule has 6 nitrogen and oxygen atoms in total. The molecule has 1 atom stereocenters. The standard InChI is InChI=1S/C17H21N3O3/c1-2-4-12-9-13(18-22-12)15-5-3-8-20(15)17(21)14-10-16(23-19-14)11-6-7-11/h9-11,15H,2-8H2,1H3/t15-/m0/s1. The number of rotatable bonds is 5. The number of carbonyl (C=O) groups excluding carboxylic acids is 1. The molecule has 0 N–H and O–H groups in total. The van der Waals surface area contributed by atoms with Gasteiger partial charge in [0.25, 0.3) is 5.91 Å². The van der Waals surface area contributed by atoms with Gasteiger partial charge in [0.15, 0.2) is 5.69 Å². The van der Waals surface area contributed by atoms with Crippen molar-refractivity contribution < 1.29 is 13.8 Å². The van der Waals surface area contributed by atoms with Gasteiger partial charge in [-0.1, -0.05) is 17.2 Å². The van der Waals surface area contributed by atoms with Crippen molar-refractivity contribution in [1.29, 1.82) is 0 Å². The Morgan fingerprint density at radius 2 is 2.13 bits per heavy atom. The van der Waals surface area contributed by atoms with Crippen molar-refractivity contribution >= 4 is 5.91 Å². The summed E-state index contributed by atoms with van der Waals surface area (Å²) in [5, 5.41) is 8.15. The van der Waals surface area contributed by atoms with E-state index in [1.54, 1.807) is 6.07 Å². The molecule has 2 aromatic rings. The zero-order chi connectivity index (χ0) is 15.8. The highest BCUT2D eigenvalue weighted by molar-refractivity contribution is 5.92. The molecule has 2 aromatic heterocycles. The van der Waals surface area contributed by atoms with E-state index in [0.717, 1.165) is 62.3 Å². The SMILES string of the molecule is CCCc1cc([C@@H]2CCCN2C(=O)c2cc(C3CC3)on2)no1. The van der Waals surface area contributed by atoms with Crippen LogP contribution in [0.2, 0.25) is 0 Å². The molecule has 1 saturated heterocycles. The Kier molecular flexibility index (Phi) is 3.67. The molecule has 122 valence electrons. The Balaban J connectivity index is 1.52. The number of likely N-dealkylation sites (tertiary alicyclic amines) is 1. The van der Waals surface area contributed by atoms with Crippen molar-refractivity contribution in [2.24, 2.45) is 0 Å². The Morgan fingerprint density at radius 3 is 2.91 bits per heavy atom. The zero-order valence-electron chi connectivity index (χ0n) is 13.3. The number of amides is 1. The van der Waals surface area contributed by atoms with E-state index in [4.69, 9.17) is 9.05 Å². The highest BCUT2D eigenvalue weighted by Crippen LogP contribution is 2.40. The number of hydrogen-bond donors (Lipinski definition) is 0. The maximum Gasteiger partial charge on any atom is 0.276 e. The number of hydrogen-bond acceptors (Lipinski definition) is 5. The molecular weight excluding hydrogens is 294 g/mol. The fraction of sp³-hybridized carbons (Fsp3) is 0.588. The van der Waals surface area contributed by atoms with E-state index in [0.29, 0.717) is 11.6 Å². The van der Waals surface area contributed by atoms with Crippen molar-refractivity contribution in [2.45, 2.75) is 57.4 Å². The first-order valence-corrected chi connectivity index (χ1v) is 8.49. The minimum Gasteiger partial charge on any atom is -0.361 e. The maximum atomic E-state index is 12.8. The van der Waals surface area contributed by atoms with Crippen LogP contribution < -0.4 is 0 Å². The largest absolute Gasteiger partial charge is 0.361 e. The van der Waals surface area contributed by atoms with Crippen molar-refractivity contribution in [3.63, 3.8) is 0 Å². The lowest BCUT2D eigenvalue weighted by Crippen LogP contribution is -2.30. The molecule has 0 unspecified atom stereocenters. The van der Waals surface area contributed by atoms with E-state index in [9.17, 15) is 4.79 Å². The highest BCUT2D eigenvalue weighted by atomic mass is 16.5. The topological polar surface area (TPSA) is 72.4 Å². The molecule has 0 aromatic carbocycles. The smallest absolute Gasteiger partial charge is 0.276 e. The van der Waals surface area contributed by atoms with E-state index in [-0.39, 0.29) is 11.9 Å². The predicted octanol–water partition coefficient (Wildman–Crippen LogP) is 3.47. The summed E-state index contributed by atoms with van der Waals surface area (Å²) in [6.07, 6.45) is 6.05. The monoisotopic (exact) mass is 315 g/mol. The fourth-order valence-electron chi connectivity index (χ4n) is 3.26. The van der Waals surface area contributed by atoms with E-state index in [1.165, 1.54) is 0 Å².